The normalized spacial score (nSPS) is 19.9. The van der Waals surface area contributed by atoms with E-state index in [9.17, 15) is 0 Å². The van der Waals surface area contributed by atoms with Gasteiger partial charge in [0.2, 0.25) is 0 Å². The van der Waals surface area contributed by atoms with Crippen molar-refractivity contribution >= 4 is 33.1 Å². The maximum Gasteiger partial charge on any atom is 0.158 e. The summed E-state index contributed by atoms with van der Waals surface area (Å²) in [5.74, 6) is 1.27. The van der Waals surface area contributed by atoms with Crippen molar-refractivity contribution in [3.05, 3.63) is 40.6 Å². The Labute approximate surface area is 141 Å². The molecule has 0 aliphatic heterocycles. The number of thiophene rings is 1. The Morgan fingerprint density at radius 2 is 2.13 bits per heavy atom. The number of rotatable bonds is 3. The number of aromatic nitrogens is 2. The molecule has 0 amide bonds. The zero-order valence-corrected chi connectivity index (χ0v) is 14.9. The molecule has 1 aliphatic rings. The molecule has 2 aromatic heterocycles. The zero-order chi connectivity index (χ0) is 16.6. The summed E-state index contributed by atoms with van der Waals surface area (Å²) in [4.78, 5) is 11.0. The lowest BCUT2D eigenvalue weighted by Crippen LogP contribution is -2.16. The van der Waals surface area contributed by atoms with Gasteiger partial charge in [0.1, 0.15) is 11.2 Å². The van der Waals surface area contributed by atoms with E-state index in [0.29, 0.717) is 5.92 Å². The number of fused-ring (bicyclic) bond motifs is 1. The summed E-state index contributed by atoms with van der Waals surface area (Å²) in [7, 11) is 0. The highest BCUT2D eigenvalue weighted by molar-refractivity contribution is 7.18. The SMILES string of the molecule is C=C(C)[C@H]1CC=C(C)/C(=N\Nc2ncnc3sc(C)c(C)c23)C1. The predicted octanol–water partition coefficient (Wildman–Crippen LogP) is 5.01. The van der Waals surface area contributed by atoms with Gasteiger partial charge in [-0.2, -0.15) is 5.10 Å². The van der Waals surface area contributed by atoms with E-state index in [0.717, 1.165) is 34.6 Å². The van der Waals surface area contributed by atoms with Gasteiger partial charge in [-0.05, 0) is 57.6 Å². The van der Waals surface area contributed by atoms with Crippen LogP contribution < -0.4 is 5.43 Å². The van der Waals surface area contributed by atoms with Crippen molar-refractivity contribution in [2.24, 2.45) is 11.0 Å². The summed E-state index contributed by atoms with van der Waals surface area (Å²) < 4.78 is 0. The highest BCUT2D eigenvalue weighted by atomic mass is 32.1. The second-order valence-corrected chi connectivity index (χ2v) is 7.43. The van der Waals surface area contributed by atoms with Gasteiger partial charge in [-0.3, -0.25) is 5.43 Å². The molecule has 0 radical (unpaired) electrons. The van der Waals surface area contributed by atoms with Crippen molar-refractivity contribution in [1.29, 1.82) is 0 Å². The molecule has 3 rings (SSSR count). The van der Waals surface area contributed by atoms with Crippen LogP contribution in [-0.2, 0) is 0 Å². The second kappa shape index (κ2) is 6.24. The second-order valence-electron chi connectivity index (χ2n) is 6.23. The lowest BCUT2D eigenvalue weighted by molar-refractivity contribution is 0.639. The van der Waals surface area contributed by atoms with Gasteiger partial charge in [0, 0.05) is 4.88 Å². The summed E-state index contributed by atoms with van der Waals surface area (Å²) in [5.41, 5.74) is 7.94. The first-order valence-electron chi connectivity index (χ1n) is 7.83. The standard InChI is InChI=1S/C18H22N4S/c1-10(2)14-7-6-11(3)15(8-14)21-22-17-16-12(4)13(5)23-18(16)20-9-19-17/h6,9,14H,1,7-8H2,2-5H3,(H,19,20,22)/b21-15-/t14-/m0/s1. The molecule has 0 unspecified atom stereocenters. The van der Waals surface area contributed by atoms with Crippen LogP contribution in [0.2, 0.25) is 0 Å². The average molecular weight is 326 g/mol. The molecular weight excluding hydrogens is 304 g/mol. The van der Waals surface area contributed by atoms with Crippen LogP contribution in [0, 0.1) is 19.8 Å². The maximum atomic E-state index is 4.64. The van der Waals surface area contributed by atoms with Crippen LogP contribution in [0.3, 0.4) is 0 Å². The number of anilines is 1. The molecule has 1 N–H and O–H groups in total. The minimum Gasteiger partial charge on any atom is -0.260 e. The first-order chi connectivity index (χ1) is 11.0. The van der Waals surface area contributed by atoms with Gasteiger partial charge >= 0.3 is 0 Å². The molecule has 0 saturated carbocycles. The number of hydrogen-bond acceptors (Lipinski definition) is 5. The van der Waals surface area contributed by atoms with Crippen molar-refractivity contribution in [3.63, 3.8) is 0 Å². The van der Waals surface area contributed by atoms with Gasteiger partial charge in [-0.15, -0.1) is 11.3 Å². The van der Waals surface area contributed by atoms with E-state index < -0.39 is 0 Å². The molecule has 0 bridgehead atoms. The quantitative estimate of drug-likeness (QED) is 0.637. The van der Waals surface area contributed by atoms with Crippen LogP contribution in [0.5, 0.6) is 0 Å². The summed E-state index contributed by atoms with van der Waals surface area (Å²) in [6.45, 7) is 12.5. The molecule has 120 valence electrons. The average Bonchev–Trinajstić information content (AvgIpc) is 2.81. The van der Waals surface area contributed by atoms with E-state index in [1.165, 1.54) is 21.6 Å². The Bertz CT molecular complexity index is 829. The van der Waals surface area contributed by atoms with E-state index >= 15 is 0 Å². The number of nitrogens with zero attached hydrogens (tertiary/aromatic N) is 3. The third kappa shape index (κ3) is 3.06. The lowest BCUT2D eigenvalue weighted by atomic mass is 9.85. The van der Waals surface area contributed by atoms with Gasteiger partial charge in [0.25, 0.3) is 0 Å². The minimum absolute atomic E-state index is 0.481. The summed E-state index contributed by atoms with van der Waals surface area (Å²) in [6, 6.07) is 0. The molecule has 1 atom stereocenters. The molecule has 4 nitrogen and oxygen atoms in total. The van der Waals surface area contributed by atoms with E-state index in [2.05, 4.69) is 60.8 Å². The van der Waals surface area contributed by atoms with E-state index in [1.54, 1.807) is 17.7 Å². The fraction of sp³-hybridized carbons (Fsp3) is 0.389. The molecule has 23 heavy (non-hydrogen) atoms. The van der Waals surface area contributed by atoms with Crippen LogP contribution in [-0.4, -0.2) is 15.7 Å². The highest BCUT2D eigenvalue weighted by Crippen LogP contribution is 2.33. The molecule has 2 aromatic rings. The largest absolute Gasteiger partial charge is 0.260 e. The molecule has 2 heterocycles. The van der Waals surface area contributed by atoms with Gasteiger partial charge in [0.05, 0.1) is 11.1 Å². The van der Waals surface area contributed by atoms with Crippen LogP contribution in [0.25, 0.3) is 10.2 Å². The van der Waals surface area contributed by atoms with Crippen LogP contribution in [0.15, 0.2) is 35.2 Å². The summed E-state index contributed by atoms with van der Waals surface area (Å²) >= 11 is 1.70. The highest BCUT2D eigenvalue weighted by Gasteiger charge is 2.19. The third-order valence-electron chi connectivity index (χ3n) is 4.56. The van der Waals surface area contributed by atoms with Crippen LogP contribution in [0.4, 0.5) is 5.82 Å². The van der Waals surface area contributed by atoms with Gasteiger partial charge in [-0.25, -0.2) is 9.97 Å². The topological polar surface area (TPSA) is 50.2 Å². The predicted molar refractivity (Wildman–Crippen MR) is 99.2 cm³/mol. The monoisotopic (exact) mass is 326 g/mol. The smallest absolute Gasteiger partial charge is 0.158 e. The first-order valence-corrected chi connectivity index (χ1v) is 8.64. The number of hydrazone groups is 1. The number of hydrogen-bond donors (Lipinski definition) is 1. The van der Waals surface area contributed by atoms with Crippen LogP contribution in [0.1, 0.15) is 37.1 Å². The Hall–Kier alpha value is -2.01. The van der Waals surface area contributed by atoms with Gasteiger partial charge in [-0.1, -0.05) is 18.2 Å². The Kier molecular flexibility index (Phi) is 4.31. The van der Waals surface area contributed by atoms with E-state index in [-0.39, 0.29) is 0 Å². The fourth-order valence-electron chi connectivity index (χ4n) is 2.81. The lowest BCUT2D eigenvalue weighted by Gasteiger charge is -2.22. The maximum absolute atomic E-state index is 4.64. The van der Waals surface area contributed by atoms with E-state index in [4.69, 9.17) is 0 Å². The fourth-order valence-corrected chi connectivity index (χ4v) is 3.81. The molecule has 0 spiro atoms. The first kappa shape index (κ1) is 15.9. The third-order valence-corrected chi connectivity index (χ3v) is 5.68. The number of nitrogens with one attached hydrogen (secondary N) is 1. The van der Waals surface area contributed by atoms with E-state index in [1.807, 2.05) is 0 Å². The Morgan fingerprint density at radius 1 is 1.35 bits per heavy atom. The van der Waals surface area contributed by atoms with Crippen molar-refractivity contribution in [3.8, 4) is 0 Å². The molecular formula is C18H22N4S. The van der Waals surface area contributed by atoms with Gasteiger partial charge in [0.15, 0.2) is 5.82 Å². The minimum atomic E-state index is 0.481. The number of allylic oxidation sites excluding steroid dienone is 3. The van der Waals surface area contributed by atoms with Crippen molar-refractivity contribution in [1.82, 2.24) is 9.97 Å². The molecule has 0 saturated heterocycles. The molecule has 0 aromatic carbocycles. The van der Waals surface area contributed by atoms with Crippen molar-refractivity contribution in [2.45, 2.75) is 40.5 Å². The molecule has 1 aliphatic carbocycles. The number of aryl methyl sites for hydroxylation is 2. The Balaban J connectivity index is 1.92. The molecule has 0 fully saturated rings. The van der Waals surface area contributed by atoms with Crippen molar-refractivity contribution in [2.75, 3.05) is 5.43 Å². The van der Waals surface area contributed by atoms with Crippen molar-refractivity contribution < 1.29 is 0 Å². The zero-order valence-electron chi connectivity index (χ0n) is 14.1. The summed E-state index contributed by atoms with van der Waals surface area (Å²) in [5, 5.41) is 5.72. The molecule has 5 heteroatoms. The van der Waals surface area contributed by atoms with Gasteiger partial charge < -0.3 is 0 Å². The van der Waals surface area contributed by atoms with Crippen LogP contribution >= 0.6 is 11.3 Å². The Morgan fingerprint density at radius 3 is 2.87 bits per heavy atom. The summed E-state index contributed by atoms with van der Waals surface area (Å²) in [6.07, 6.45) is 5.83.